The first-order valence-corrected chi connectivity index (χ1v) is 7.04. The maximum atomic E-state index is 6.31. The first-order chi connectivity index (χ1) is 9.70. The lowest BCUT2D eigenvalue weighted by atomic mass is 9.98. The first-order valence-electron chi connectivity index (χ1n) is 6.29. The number of hydrogen-bond acceptors (Lipinski definition) is 2. The molecule has 3 aromatic rings. The molecule has 102 valence electrons. The van der Waals surface area contributed by atoms with E-state index < -0.39 is 0 Å². The molecule has 1 N–H and O–H groups in total. The maximum Gasteiger partial charge on any atom is 0.134 e. The van der Waals surface area contributed by atoms with E-state index in [1.165, 1.54) is 0 Å². The zero-order valence-corrected chi connectivity index (χ0v) is 12.4. The summed E-state index contributed by atoms with van der Waals surface area (Å²) in [4.78, 5) is 0. The van der Waals surface area contributed by atoms with Crippen molar-refractivity contribution in [3.05, 3.63) is 69.9 Å². The number of furan rings is 1. The molecule has 1 aromatic heterocycles. The van der Waals surface area contributed by atoms with E-state index in [0.717, 1.165) is 22.1 Å². The number of nitrogens with one attached hydrogen (secondary N) is 1. The number of para-hydroxylation sites is 1. The second-order valence-electron chi connectivity index (χ2n) is 4.57. The summed E-state index contributed by atoms with van der Waals surface area (Å²) in [5, 5.41) is 5.69. The Hall–Kier alpha value is -1.48. The third-order valence-corrected chi connectivity index (χ3v) is 3.96. The summed E-state index contributed by atoms with van der Waals surface area (Å²) in [6.07, 6.45) is 1.77. The Bertz CT molecular complexity index is 751. The number of rotatable bonds is 3. The third kappa shape index (κ3) is 2.31. The second kappa shape index (κ2) is 5.49. The average molecular weight is 306 g/mol. The molecule has 0 aliphatic heterocycles. The van der Waals surface area contributed by atoms with Crippen molar-refractivity contribution in [2.45, 2.75) is 6.04 Å². The molecule has 0 fully saturated rings. The molecule has 4 heteroatoms. The van der Waals surface area contributed by atoms with E-state index in [2.05, 4.69) is 5.32 Å². The highest BCUT2D eigenvalue weighted by molar-refractivity contribution is 6.33. The van der Waals surface area contributed by atoms with Crippen molar-refractivity contribution in [3.8, 4) is 0 Å². The zero-order valence-electron chi connectivity index (χ0n) is 10.9. The van der Waals surface area contributed by atoms with Crippen molar-refractivity contribution in [2.75, 3.05) is 7.05 Å². The van der Waals surface area contributed by atoms with Crippen LogP contribution in [0.1, 0.15) is 17.2 Å². The Balaban J connectivity index is 2.16. The topological polar surface area (TPSA) is 25.2 Å². The van der Waals surface area contributed by atoms with Crippen LogP contribution in [-0.2, 0) is 0 Å². The van der Waals surface area contributed by atoms with Gasteiger partial charge in [0, 0.05) is 21.0 Å². The van der Waals surface area contributed by atoms with Gasteiger partial charge in [0.1, 0.15) is 5.58 Å². The van der Waals surface area contributed by atoms with Crippen molar-refractivity contribution in [2.24, 2.45) is 0 Å². The minimum atomic E-state index is -0.0650. The molecule has 3 rings (SSSR count). The van der Waals surface area contributed by atoms with Gasteiger partial charge in [0.2, 0.25) is 0 Å². The van der Waals surface area contributed by atoms with Gasteiger partial charge in [-0.2, -0.15) is 0 Å². The molecular weight excluding hydrogens is 293 g/mol. The minimum Gasteiger partial charge on any atom is -0.464 e. The fourth-order valence-electron chi connectivity index (χ4n) is 2.44. The SMILES string of the molecule is CNC(c1cc(Cl)ccc1Cl)c1coc2ccccc12. The molecule has 0 bridgehead atoms. The van der Waals surface area contributed by atoms with E-state index >= 15 is 0 Å². The molecule has 0 spiro atoms. The Morgan fingerprint density at radius 1 is 1.05 bits per heavy atom. The highest BCUT2D eigenvalue weighted by Crippen LogP contribution is 2.34. The molecular formula is C16H13Cl2NO. The lowest BCUT2D eigenvalue weighted by Gasteiger charge is -2.17. The molecule has 1 heterocycles. The number of benzene rings is 2. The van der Waals surface area contributed by atoms with Gasteiger partial charge < -0.3 is 9.73 Å². The van der Waals surface area contributed by atoms with Crippen molar-refractivity contribution in [3.63, 3.8) is 0 Å². The smallest absolute Gasteiger partial charge is 0.134 e. The molecule has 1 atom stereocenters. The molecule has 0 radical (unpaired) electrons. The zero-order chi connectivity index (χ0) is 14.1. The van der Waals surface area contributed by atoms with Crippen LogP contribution >= 0.6 is 23.2 Å². The standard InChI is InChI=1S/C16H13Cl2NO/c1-19-16(12-8-10(17)6-7-14(12)18)13-9-20-15-5-3-2-4-11(13)15/h2-9,16,19H,1H3. The fraction of sp³-hybridized carbons (Fsp3) is 0.125. The lowest BCUT2D eigenvalue weighted by Crippen LogP contribution is -2.17. The van der Waals surface area contributed by atoms with Crippen molar-refractivity contribution in [1.82, 2.24) is 5.32 Å². The van der Waals surface area contributed by atoms with Crippen molar-refractivity contribution in [1.29, 1.82) is 0 Å². The summed E-state index contributed by atoms with van der Waals surface area (Å²) < 4.78 is 5.61. The van der Waals surface area contributed by atoms with Crippen LogP contribution in [-0.4, -0.2) is 7.05 Å². The van der Waals surface area contributed by atoms with Gasteiger partial charge in [-0.25, -0.2) is 0 Å². The summed E-state index contributed by atoms with van der Waals surface area (Å²) in [6.45, 7) is 0. The highest BCUT2D eigenvalue weighted by Gasteiger charge is 2.20. The molecule has 2 aromatic carbocycles. The molecule has 0 aliphatic rings. The molecule has 2 nitrogen and oxygen atoms in total. The van der Waals surface area contributed by atoms with Crippen LogP contribution in [0.15, 0.2) is 53.1 Å². The van der Waals surface area contributed by atoms with E-state index in [9.17, 15) is 0 Å². The number of hydrogen-bond donors (Lipinski definition) is 1. The predicted octanol–water partition coefficient (Wildman–Crippen LogP) is 5.05. The van der Waals surface area contributed by atoms with Crippen LogP contribution in [0.4, 0.5) is 0 Å². The normalized spacial score (nSPS) is 12.8. The summed E-state index contributed by atoms with van der Waals surface area (Å²) in [5.74, 6) is 0. The second-order valence-corrected chi connectivity index (χ2v) is 5.42. The highest BCUT2D eigenvalue weighted by atomic mass is 35.5. The molecule has 1 unspecified atom stereocenters. The fourth-order valence-corrected chi connectivity index (χ4v) is 2.84. The molecule has 0 saturated carbocycles. The summed E-state index contributed by atoms with van der Waals surface area (Å²) >= 11 is 12.4. The Kier molecular flexibility index (Phi) is 3.70. The minimum absolute atomic E-state index is 0.0650. The third-order valence-electron chi connectivity index (χ3n) is 3.38. The van der Waals surface area contributed by atoms with Gasteiger partial charge >= 0.3 is 0 Å². The van der Waals surface area contributed by atoms with Gasteiger partial charge in [0.15, 0.2) is 0 Å². The molecule has 0 amide bonds. The van der Waals surface area contributed by atoms with E-state index in [1.807, 2.05) is 43.4 Å². The van der Waals surface area contributed by atoms with Crippen molar-refractivity contribution < 1.29 is 4.42 Å². The summed E-state index contributed by atoms with van der Waals surface area (Å²) in [6, 6.07) is 13.4. The first kappa shape index (κ1) is 13.5. The number of fused-ring (bicyclic) bond motifs is 1. The van der Waals surface area contributed by atoms with Crippen LogP contribution in [0, 0.1) is 0 Å². The van der Waals surface area contributed by atoms with E-state index in [1.54, 1.807) is 12.3 Å². The van der Waals surface area contributed by atoms with Crippen LogP contribution in [0.2, 0.25) is 10.0 Å². The van der Waals surface area contributed by atoms with Gasteiger partial charge in [-0.1, -0.05) is 41.4 Å². The quantitative estimate of drug-likeness (QED) is 0.732. The van der Waals surface area contributed by atoms with Gasteiger partial charge in [-0.3, -0.25) is 0 Å². The Labute approximate surface area is 127 Å². The van der Waals surface area contributed by atoms with E-state index in [0.29, 0.717) is 10.0 Å². The summed E-state index contributed by atoms with van der Waals surface area (Å²) in [7, 11) is 1.89. The van der Waals surface area contributed by atoms with Gasteiger partial charge in [0.25, 0.3) is 0 Å². The van der Waals surface area contributed by atoms with Gasteiger partial charge in [0.05, 0.1) is 12.3 Å². The maximum absolute atomic E-state index is 6.31. The van der Waals surface area contributed by atoms with Gasteiger partial charge in [-0.15, -0.1) is 0 Å². The lowest BCUT2D eigenvalue weighted by molar-refractivity contribution is 0.597. The molecule has 0 aliphatic carbocycles. The van der Waals surface area contributed by atoms with E-state index in [4.69, 9.17) is 27.6 Å². The largest absolute Gasteiger partial charge is 0.464 e. The monoisotopic (exact) mass is 305 g/mol. The predicted molar refractivity (Wildman–Crippen MR) is 83.6 cm³/mol. The van der Waals surface area contributed by atoms with Gasteiger partial charge in [-0.05, 0) is 36.9 Å². The van der Waals surface area contributed by atoms with Crippen LogP contribution in [0.5, 0.6) is 0 Å². The van der Waals surface area contributed by atoms with Crippen molar-refractivity contribution >= 4 is 34.2 Å². The Morgan fingerprint density at radius 2 is 1.85 bits per heavy atom. The Morgan fingerprint density at radius 3 is 2.65 bits per heavy atom. The van der Waals surface area contributed by atoms with E-state index in [-0.39, 0.29) is 6.04 Å². The average Bonchev–Trinajstić information content (AvgIpc) is 2.88. The van der Waals surface area contributed by atoms with Crippen LogP contribution in [0.25, 0.3) is 11.0 Å². The van der Waals surface area contributed by atoms with Crippen LogP contribution in [0.3, 0.4) is 0 Å². The summed E-state index contributed by atoms with van der Waals surface area (Å²) in [5.41, 5.74) is 2.85. The number of halogens is 2. The van der Waals surface area contributed by atoms with Crippen LogP contribution < -0.4 is 5.32 Å². The molecule has 20 heavy (non-hydrogen) atoms. The molecule has 0 saturated heterocycles.